The predicted octanol–water partition coefficient (Wildman–Crippen LogP) is 4.25. The lowest BCUT2D eigenvalue weighted by Crippen LogP contribution is -2.13. The number of hydrogen-bond donors (Lipinski definition) is 2. The van der Waals surface area contributed by atoms with Crippen LogP contribution in [0.15, 0.2) is 58.2 Å². The van der Waals surface area contributed by atoms with E-state index in [2.05, 4.69) is 20.5 Å². The van der Waals surface area contributed by atoms with Crippen molar-refractivity contribution in [2.24, 2.45) is 0 Å². The molecule has 0 saturated heterocycles. The zero-order chi connectivity index (χ0) is 23.8. The number of aromatic amines is 1. The summed E-state index contributed by atoms with van der Waals surface area (Å²) in [7, 11) is 3.97. The van der Waals surface area contributed by atoms with E-state index in [1.54, 1.807) is 24.5 Å². The van der Waals surface area contributed by atoms with Gasteiger partial charge < -0.3 is 14.6 Å². The Labute approximate surface area is 194 Å². The molecule has 8 nitrogen and oxygen atoms in total. The molecule has 5 aromatic rings. The summed E-state index contributed by atoms with van der Waals surface area (Å²) in [6, 6.07) is 8.61. The van der Waals surface area contributed by atoms with E-state index in [0.29, 0.717) is 45.2 Å². The fourth-order valence-corrected chi connectivity index (χ4v) is 4.19. The van der Waals surface area contributed by atoms with Gasteiger partial charge in [0.1, 0.15) is 17.2 Å². The summed E-state index contributed by atoms with van der Waals surface area (Å²) >= 11 is 0. The van der Waals surface area contributed by atoms with Crippen LogP contribution in [0.2, 0.25) is 0 Å². The molecule has 0 amide bonds. The van der Waals surface area contributed by atoms with Crippen molar-refractivity contribution in [2.45, 2.75) is 20.0 Å². The fraction of sp³-hybridized carbons (Fsp3) is 0.200. The lowest BCUT2D eigenvalue weighted by Gasteiger charge is -2.14. The van der Waals surface area contributed by atoms with Gasteiger partial charge in [0.2, 0.25) is 0 Å². The van der Waals surface area contributed by atoms with Gasteiger partial charge in [0, 0.05) is 47.1 Å². The van der Waals surface area contributed by atoms with Crippen molar-refractivity contribution in [3.05, 3.63) is 82.1 Å². The van der Waals surface area contributed by atoms with E-state index in [1.165, 1.54) is 12.3 Å². The molecule has 1 aromatic carbocycles. The van der Waals surface area contributed by atoms with Crippen LogP contribution in [0.1, 0.15) is 17.0 Å². The Morgan fingerprint density at radius 1 is 1.09 bits per heavy atom. The highest BCUT2D eigenvalue weighted by Crippen LogP contribution is 2.31. The van der Waals surface area contributed by atoms with Crippen LogP contribution in [-0.2, 0) is 13.1 Å². The highest BCUT2D eigenvalue weighted by molar-refractivity contribution is 6.01. The molecule has 0 aliphatic rings. The number of benzene rings is 1. The third kappa shape index (κ3) is 3.90. The summed E-state index contributed by atoms with van der Waals surface area (Å²) in [6.07, 6.45) is 4.72. The second-order valence-corrected chi connectivity index (χ2v) is 8.39. The normalized spacial score (nSPS) is 11.6. The summed E-state index contributed by atoms with van der Waals surface area (Å²) in [5.41, 5.74) is 3.94. The minimum absolute atomic E-state index is 0.163. The Morgan fingerprint density at radius 2 is 1.94 bits per heavy atom. The van der Waals surface area contributed by atoms with E-state index in [1.807, 2.05) is 38.1 Å². The van der Waals surface area contributed by atoms with Crippen molar-refractivity contribution >= 4 is 27.6 Å². The van der Waals surface area contributed by atoms with Gasteiger partial charge in [-0.1, -0.05) is 6.07 Å². The fourth-order valence-electron chi connectivity index (χ4n) is 4.19. The Bertz CT molecular complexity index is 1570. The van der Waals surface area contributed by atoms with Gasteiger partial charge in [-0.05, 0) is 45.3 Å². The first-order valence-electron chi connectivity index (χ1n) is 10.8. The number of hydrogen-bond acceptors (Lipinski definition) is 7. The van der Waals surface area contributed by atoms with E-state index in [0.717, 1.165) is 17.0 Å². The molecule has 9 heteroatoms. The summed E-state index contributed by atoms with van der Waals surface area (Å²) in [4.78, 5) is 24.1. The largest absolute Gasteiger partial charge is 0.464 e. The topological polar surface area (TPSA) is 99.9 Å². The maximum atomic E-state index is 14.5. The molecule has 0 saturated carbocycles. The Balaban J connectivity index is 1.56. The molecule has 4 heterocycles. The van der Waals surface area contributed by atoms with Crippen molar-refractivity contribution in [3.8, 4) is 11.1 Å². The minimum Gasteiger partial charge on any atom is -0.464 e. The molecule has 34 heavy (non-hydrogen) atoms. The van der Waals surface area contributed by atoms with Gasteiger partial charge in [0.05, 0.1) is 28.9 Å². The molecular weight excluding hydrogens is 435 g/mol. The van der Waals surface area contributed by atoms with Crippen LogP contribution in [0.25, 0.3) is 32.9 Å². The number of fused-ring (bicyclic) bond motifs is 2. The number of furan rings is 1. The summed E-state index contributed by atoms with van der Waals surface area (Å²) < 4.78 is 19.9. The number of nitrogens with one attached hydrogen (secondary N) is 2. The van der Waals surface area contributed by atoms with Crippen molar-refractivity contribution in [3.63, 3.8) is 0 Å². The number of halogens is 1. The molecule has 0 unspecified atom stereocenters. The molecule has 2 N–H and O–H groups in total. The molecule has 0 bridgehead atoms. The van der Waals surface area contributed by atoms with Gasteiger partial charge in [0.25, 0.3) is 5.56 Å². The summed E-state index contributed by atoms with van der Waals surface area (Å²) in [6.45, 7) is 2.79. The number of aryl methyl sites for hydroxylation is 1. The molecule has 172 valence electrons. The Hall–Kier alpha value is -4.11. The second kappa shape index (κ2) is 8.68. The number of aromatic nitrogens is 4. The van der Waals surface area contributed by atoms with Crippen LogP contribution in [0.3, 0.4) is 0 Å². The van der Waals surface area contributed by atoms with E-state index in [9.17, 15) is 9.18 Å². The monoisotopic (exact) mass is 458 g/mol. The SMILES string of the molecule is Cc1nc(CN(C)C)ccc1-c1cnc(NCc2c(F)ccc3occc23)c2cn[nH]c(=O)c12. The van der Waals surface area contributed by atoms with Gasteiger partial charge in [-0.25, -0.2) is 14.5 Å². The van der Waals surface area contributed by atoms with Gasteiger partial charge in [-0.15, -0.1) is 0 Å². The molecule has 4 aromatic heterocycles. The van der Waals surface area contributed by atoms with E-state index >= 15 is 0 Å². The quantitative estimate of drug-likeness (QED) is 0.392. The minimum atomic E-state index is -0.349. The first-order valence-corrected chi connectivity index (χ1v) is 10.8. The molecule has 5 rings (SSSR count). The highest BCUT2D eigenvalue weighted by Gasteiger charge is 2.17. The summed E-state index contributed by atoms with van der Waals surface area (Å²) in [5.74, 6) is 0.0879. The van der Waals surface area contributed by atoms with Crippen LogP contribution in [0.5, 0.6) is 0 Å². The van der Waals surface area contributed by atoms with Crippen LogP contribution >= 0.6 is 0 Å². The maximum Gasteiger partial charge on any atom is 0.272 e. The number of nitrogens with zero attached hydrogens (tertiary/aromatic N) is 4. The number of H-pyrrole nitrogens is 1. The van der Waals surface area contributed by atoms with Gasteiger partial charge in [0.15, 0.2) is 0 Å². The second-order valence-electron chi connectivity index (χ2n) is 8.39. The van der Waals surface area contributed by atoms with E-state index in [4.69, 9.17) is 9.40 Å². The van der Waals surface area contributed by atoms with Crippen LogP contribution in [0.4, 0.5) is 10.2 Å². The Morgan fingerprint density at radius 3 is 2.74 bits per heavy atom. The highest BCUT2D eigenvalue weighted by atomic mass is 19.1. The standard InChI is InChI=1S/C25H23FN6O2/c1-14-16(5-4-15(30-14)13-32(2)3)19-11-28-24(20-12-29-31-25(33)23(19)20)27-10-18-17-8-9-34-22(17)7-6-21(18)26/h4-9,11-12H,10,13H2,1-3H3,(H,27,28)(H,31,33). The lowest BCUT2D eigenvalue weighted by atomic mass is 10.0. The zero-order valence-corrected chi connectivity index (χ0v) is 19.0. The summed E-state index contributed by atoms with van der Waals surface area (Å²) in [5, 5.41) is 11.3. The number of pyridine rings is 2. The van der Waals surface area contributed by atoms with Crippen molar-refractivity contribution in [1.82, 2.24) is 25.1 Å². The van der Waals surface area contributed by atoms with E-state index in [-0.39, 0.29) is 17.9 Å². The number of anilines is 1. The predicted molar refractivity (Wildman–Crippen MR) is 129 cm³/mol. The van der Waals surface area contributed by atoms with Gasteiger partial charge in [-0.2, -0.15) is 5.10 Å². The molecule has 0 fully saturated rings. The molecule has 0 aliphatic carbocycles. The third-order valence-corrected chi connectivity index (χ3v) is 5.74. The van der Waals surface area contributed by atoms with Crippen LogP contribution in [-0.4, -0.2) is 39.2 Å². The van der Waals surface area contributed by atoms with Crippen molar-refractivity contribution in [2.75, 3.05) is 19.4 Å². The molecule has 0 atom stereocenters. The smallest absolute Gasteiger partial charge is 0.272 e. The van der Waals surface area contributed by atoms with E-state index < -0.39 is 0 Å². The maximum absolute atomic E-state index is 14.5. The first kappa shape index (κ1) is 21.7. The van der Waals surface area contributed by atoms with Crippen LogP contribution < -0.4 is 10.9 Å². The lowest BCUT2D eigenvalue weighted by molar-refractivity contribution is 0.396. The number of rotatable bonds is 6. The van der Waals surface area contributed by atoms with Gasteiger partial charge >= 0.3 is 0 Å². The average molecular weight is 458 g/mol. The Kier molecular flexibility index (Phi) is 5.54. The molecule has 0 radical (unpaired) electrons. The average Bonchev–Trinajstić information content (AvgIpc) is 3.27. The van der Waals surface area contributed by atoms with Crippen molar-refractivity contribution < 1.29 is 8.81 Å². The molecule has 0 spiro atoms. The molecular formula is C25H23FN6O2. The van der Waals surface area contributed by atoms with Gasteiger partial charge in [-0.3, -0.25) is 9.78 Å². The van der Waals surface area contributed by atoms with Crippen LogP contribution in [0, 0.1) is 12.7 Å². The first-order chi connectivity index (χ1) is 16.4. The van der Waals surface area contributed by atoms with Crippen molar-refractivity contribution in [1.29, 1.82) is 0 Å². The molecule has 0 aliphatic heterocycles. The third-order valence-electron chi connectivity index (χ3n) is 5.74. The zero-order valence-electron chi connectivity index (χ0n) is 19.0.